The summed E-state index contributed by atoms with van der Waals surface area (Å²) in [7, 11) is -3.38. The topological polar surface area (TPSA) is 84.9 Å². The summed E-state index contributed by atoms with van der Waals surface area (Å²) in [4.78, 5) is 12.1. The Labute approximate surface area is 156 Å². The number of nitrogens with one attached hydrogen (secondary N) is 1. The molecular weight excluding hydrogens is 412 g/mol. The van der Waals surface area contributed by atoms with Gasteiger partial charge in [-0.1, -0.05) is 6.07 Å². The molecule has 1 saturated heterocycles. The van der Waals surface area contributed by atoms with Gasteiger partial charge in [0, 0.05) is 19.6 Å². The van der Waals surface area contributed by atoms with Gasteiger partial charge in [0.25, 0.3) is 5.91 Å². The maximum atomic E-state index is 12.2. The van der Waals surface area contributed by atoms with E-state index in [2.05, 4.69) is 21.2 Å². The molecule has 0 saturated carbocycles. The lowest BCUT2D eigenvalue weighted by Gasteiger charge is -2.26. The molecule has 1 aliphatic heterocycles. The van der Waals surface area contributed by atoms with E-state index in [0.29, 0.717) is 32.1 Å². The van der Waals surface area contributed by atoms with E-state index in [-0.39, 0.29) is 18.2 Å². The van der Waals surface area contributed by atoms with Gasteiger partial charge in [-0.25, -0.2) is 8.42 Å². The minimum Gasteiger partial charge on any atom is -0.480 e. The van der Waals surface area contributed by atoms with Crippen molar-refractivity contribution in [3.63, 3.8) is 0 Å². The summed E-state index contributed by atoms with van der Waals surface area (Å²) in [6.07, 6.45) is -0.731. The van der Waals surface area contributed by atoms with Gasteiger partial charge in [-0.2, -0.15) is 4.31 Å². The van der Waals surface area contributed by atoms with Gasteiger partial charge in [0.2, 0.25) is 10.0 Å². The molecule has 1 aromatic carbocycles. The third kappa shape index (κ3) is 5.95. The van der Waals surface area contributed by atoms with Crippen molar-refractivity contribution < 1.29 is 22.7 Å². The summed E-state index contributed by atoms with van der Waals surface area (Å²) < 4.78 is 37.3. The molecule has 1 aliphatic rings. The number of rotatable bonds is 7. The third-order valence-electron chi connectivity index (χ3n) is 3.78. The van der Waals surface area contributed by atoms with Crippen molar-refractivity contribution in [2.24, 2.45) is 0 Å². The van der Waals surface area contributed by atoms with E-state index in [0.717, 1.165) is 10.0 Å². The Hall–Kier alpha value is -1.16. The minimum atomic E-state index is -3.38. The molecular formula is C16H23BrN2O5S. The predicted molar refractivity (Wildman–Crippen MR) is 98.2 cm³/mol. The molecule has 25 heavy (non-hydrogen) atoms. The van der Waals surface area contributed by atoms with Crippen molar-refractivity contribution in [2.45, 2.75) is 20.0 Å². The van der Waals surface area contributed by atoms with Crippen LogP contribution in [0.1, 0.15) is 12.5 Å². The number of hydrogen-bond donors (Lipinski definition) is 1. The Morgan fingerprint density at radius 2 is 2.08 bits per heavy atom. The van der Waals surface area contributed by atoms with E-state index in [9.17, 15) is 13.2 Å². The zero-order valence-electron chi connectivity index (χ0n) is 14.3. The maximum absolute atomic E-state index is 12.2. The first-order chi connectivity index (χ1) is 11.8. The lowest BCUT2D eigenvalue weighted by Crippen LogP contribution is -2.45. The van der Waals surface area contributed by atoms with Crippen LogP contribution in [-0.4, -0.2) is 63.3 Å². The molecule has 0 radical (unpaired) electrons. The lowest BCUT2D eigenvalue weighted by molar-refractivity contribution is -0.127. The number of hydrogen-bond acceptors (Lipinski definition) is 5. The fraction of sp³-hybridized carbons (Fsp3) is 0.562. The first-order valence-corrected chi connectivity index (χ1v) is 10.5. The van der Waals surface area contributed by atoms with Crippen LogP contribution in [0.15, 0.2) is 22.7 Å². The number of carbonyl (C=O) groups excluding carboxylic acids is 1. The zero-order valence-corrected chi connectivity index (χ0v) is 16.7. The number of halogens is 1. The summed E-state index contributed by atoms with van der Waals surface area (Å²) >= 11 is 3.40. The number of benzene rings is 1. The quantitative estimate of drug-likeness (QED) is 0.698. The predicted octanol–water partition coefficient (Wildman–Crippen LogP) is 1.30. The molecule has 1 N–H and O–H groups in total. The minimum absolute atomic E-state index is 0.0429. The Balaban J connectivity index is 1.81. The average Bonchev–Trinajstić information content (AvgIpc) is 2.58. The van der Waals surface area contributed by atoms with Gasteiger partial charge in [-0.05, 0) is 47.5 Å². The van der Waals surface area contributed by atoms with Gasteiger partial charge in [0.05, 0.1) is 23.4 Å². The van der Waals surface area contributed by atoms with Gasteiger partial charge in [0.15, 0.2) is 6.10 Å². The Morgan fingerprint density at radius 1 is 1.40 bits per heavy atom. The van der Waals surface area contributed by atoms with E-state index in [4.69, 9.17) is 9.47 Å². The van der Waals surface area contributed by atoms with Crippen LogP contribution in [-0.2, 0) is 19.6 Å². The van der Waals surface area contributed by atoms with Crippen LogP contribution in [0.4, 0.5) is 0 Å². The molecule has 1 unspecified atom stereocenters. The second-order valence-corrected chi connectivity index (χ2v) is 8.76. The maximum Gasteiger partial charge on any atom is 0.260 e. The van der Waals surface area contributed by atoms with E-state index >= 15 is 0 Å². The molecule has 140 valence electrons. The lowest BCUT2D eigenvalue weighted by atomic mass is 10.2. The fourth-order valence-corrected chi connectivity index (χ4v) is 4.26. The average molecular weight is 435 g/mol. The highest BCUT2D eigenvalue weighted by Crippen LogP contribution is 2.26. The van der Waals surface area contributed by atoms with Gasteiger partial charge < -0.3 is 14.8 Å². The van der Waals surface area contributed by atoms with Crippen LogP contribution < -0.4 is 10.1 Å². The van der Waals surface area contributed by atoms with E-state index in [1.807, 2.05) is 19.1 Å². The smallest absolute Gasteiger partial charge is 0.260 e. The van der Waals surface area contributed by atoms with Gasteiger partial charge >= 0.3 is 0 Å². The normalized spacial score (nSPS) is 17.1. The van der Waals surface area contributed by atoms with Crippen LogP contribution >= 0.6 is 15.9 Å². The van der Waals surface area contributed by atoms with Gasteiger partial charge in [0.1, 0.15) is 5.75 Å². The summed E-state index contributed by atoms with van der Waals surface area (Å²) in [5.41, 5.74) is 1.07. The zero-order chi connectivity index (χ0) is 18.4. The highest BCUT2D eigenvalue weighted by Gasteiger charge is 2.24. The van der Waals surface area contributed by atoms with Crippen molar-refractivity contribution in [2.75, 3.05) is 38.6 Å². The number of carbonyl (C=O) groups is 1. The molecule has 9 heteroatoms. The highest BCUT2D eigenvalue weighted by atomic mass is 79.9. The van der Waals surface area contributed by atoms with Gasteiger partial charge in [-0.15, -0.1) is 0 Å². The molecule has 1 amide bonds. The van der Waals surface area contributed by atoms with Gasteiger partial charge in [-0.3, -0.25) is 4.79 Å². The Morgan fingerprint density at radius 3 is 2.72 bits per heavy atom. The number of amides is 1. The fourth-order valence-electron chi connectivity index (χ4n) is 2.35. The first kappa shape index (κ1) is 20.2. The molecule has 0 spiro atoms. The largest absolute Gasteiger partial charge is 0.480 e. The Bertz CT molecular complexity index is 704. The molecule has 1 aromatic rings. The van der Waals surface area contributed by atoms with Crippen LogP contribution in [0.5, 0.6) is 5.75 Å². The number of morpholine rings is 1. The van der Waals surface area contributed by atoms with Crippen LogP contribution in [0.3, 0.4) is 0 Å². The summed E-state index contributed by atoms with van der Waals surface area (Å²) in [6, 6.07) is 5.57. The molecule has 1 atom stereocenters. The van der Waals surface area contributed by atoms with Crippen LogP contribution in [0.25, 0.3) is 0 Å². The molecule has 0 aliphatic carbocycles. The number of nitrogens with zero attached hydrogens (tertiary/aromatic N) is 1. The molecule has 1 heterocycles. The standard InChI is InChI=1S/C16H23BrN2O5S/c1-12-3-4-15(14(17)11-12)24-13(2)16(20)18-5-10-25(21,22)19-6-8-23-9-7-19/h3-4,11,13H,5-10H2,1-2H3,(H,18,20). The van der Waals surface area contributed by atoms with E-state index < -0.39 is 16.1 Å². The van der Waals surface area contributed by atoms with Crippen molar-refractivity contribution in [1.29, 1.82) is 0 Å². The third-order valence-corrected chi connectivity index (χ3v) is 6.27. The van der Waals surface area contributed by atoms with Crippen molar-refractivity contribution in [3.05, 3.63) is 28.2 Å². The molecule has 0 bridgehead atoms. The van der Waals surface area contributed by atoms with Crippen molar-refractivity contribution in [1.82, 2.24) is 9.62 Å². The summed E-state index contributed by atoms with van der Waals surface area (Å²) in [5, 5.41) is 2.61. The molecule has 1 fully saturated rings. The molecule has 0 aromatic heterocycles. The number of ether oxygens (including phenoxy) is 2. The summed E-state index contributed by atoms with van der Waals surface area (Å²) in [6.45, 7) is 5.15. The van der Waals surface area contributed by atoms with Crippen molar-refractivity contribution >= 4 is 31.9 Å². The summed E-state index contributed by atoms with van der Waals surface area (Å²) in [5.74, 6) is 0.0681. The van der Waals surface area contributed by atoms with Crippen LogP contribution in [0, 0.1) is 6.92 Å². The van der Waals surface area contributed by atoms with E-state index in [1.165, 1.54) is 4.31 Å². The molecule has 2 rings (SSSR count). The highest BCUT2D eigenvalue weighted by molar-refractivity contribution is 9.10. The number of aryl methyl sites for hydroxylation is 1. The first-order valence-electron chi connectivity index (χ1n) is 8.05. The van der Waals surface area contributed by atoms with E-state index in [1.54, 1.807) is 13.0 Å². The molecule has 7 nitrogen and oxygen atoms in total. The monoisotopic (exact) mass is 434 g/mol. The van der Waals surface area contributed by atoms with Crippen LogP contribution in [0.2, 0.25) is 0 Å². The Kier molecular flexibility index (Phi) is 7.24. The second-order valence-electron chi connectivity index (χ2n) is 5.81. The second kappa shape index (κ2) is 8.98. The number of sulfonamides is 1. The van der Waals surface area contributed by atoms with Crippen molar-refractivity contribution in [3.8, 4) is 5.75 Å². The SMILES string of the molecule is Cc1ccc(OC(C)C(=O)NCCS(=O)(=O)N2CCOCC2)c(Br)c1.